The van der Waals surface area contributed by atoms with Crippen LogP contribution < -0.4 is 9.47 Å². The van der Waals surface area contributed by atoms with Crippen molar-refractivity contribution in [3.63, 3.8) is 0 Å². The van der Waals surface area contributed by atoms with Gasteiger partial charge in [0.1, 0.15) is 19.4 Å². The van der Waals surface area contributed by atoms with E-state index in [2.05, 4.69) is 9.98 Å². The number of nitrogens with zero attached hydrogens (tertiary/aromatic N) is 2. The Morgan fingerprint density at radius 3 is 2.83 bits per heavy atom. The highest BCUT2D eigenvalue weighted by Gasteiger charge is 2.21. The summed E-state index contributed by atoms with van der Waals surface area (Å²) in [6, 6.07) is 9.56. The number of aliphatic imine (C=N–C) groups is 1. The third-order valence-electron chi connectivity index (χ3n) is 4.04. The molecule has 4 rings (SSSR count). The van der Waals surface area contributed by atoms with Gasteiger partial charge in [-0.15, -0.1) is 0 Å². The summed E-state index contributed by atoms with van der Waals surface area (Å²) < 4.78 is 25.0. The molecule has 2 aliphatic rings. The van der Waals surface area contributed by atoms with Gasteiger partial charge in [-0.1, -0.05) is 6.07 Å². The van der Waals surface area contributed by atoms with Crippen molar-refractivity contribution in [2.24, 2.45) is 4.99 Å². The van der Waals surface area contributed by atoms with Crippen LogP contribution in [0.5, 0.6) is 11.5 Å². The molecule has 1 aromatic heterocycles. The van der Waals surface area contributed by atoms with Crippen molar-refractivity contribution >= 4 is 11.8 Å². The average molecular weight is 324 g/mol. The zero-order chi connectivity index (χ0) is 16.4. The van der Waals surface area contributed by atoms with Crippen LogP contribution in [0.1, 0.15) is 17.5 Å². The van der Waals surface area contributed by atoms with Gasteiger partial charge in [0, 0.05) is 24.4 Å². The number of halogens is 1. The van der Waals surface area contributed by atoms with Gasteiger partial charge in [0.2, 0.25) is 0 Å². The zero-order valence-corrected chi connectivity index (χ0v) is 13.1. The van der Waals surface area contributed by atoms with Crippen LogP contribution in [0, 0.1) is 0 Å². The quantitative estimate of drug-likeness (QED) is 0.849. The van der Waals surface area contributed by atoms with Crippen LogP contribution in [-0.2, 0) is 0 Å². The van der Waals surface area contributed by atoms with E-state index in [-0.39, 0.29) is 6.54 Å². The number of aromatic nitrogens is 1. The number of allylic oxidation sites excluding steroid dienone is 1. The summed E-state index contributed by atoms with van der Waals surface area (Å²) in [4.78, 5) is 8.56. The lowest BCUT2D eigenvalue weighted by Crippen LogP contribution is -2.20. The van der Waals surface area contributed by atoms with Crippen LogP contribution >= 0.6 is 0 Å². The summed E-state index contributed by atoms with van der Waals surface area (Å²) in [6.45, 7) is 1.31. The largest absolute Gasteiger partial charge is 0.486 e. The van der Waals surface area contributed by atoms with E-state index >= 15 is 0 Å². The molecule has 122 valence electrons. The number of fused-ring (bicyclic) bond motifs is 1. The van der Waals surface area contributed by atoms with Gasteiger partial charge in [-0.3, -0.25) is 9.98 Å². The molecule has 0 fully saturated rings. The first-order chi connectivity index (χ1) is 11.8. The number of hydrogen-bond acceptors (Lipinski definition) is 4. The van der Waals surface area contributed by atoms with E-state index in [0.717, 1.165) is 33.9 Å². The Balaban J connectivity index is 1.71. The molecule has 24 heavy (non-hydrogen) atoms. The van der Waals surface area contributed by atoms with E-state index in [4.69, 9.17) is 9.47 Å². The number of rotatable bonds is 2. The second-order valence-electron chi connectivity index (χ2n) is 5.81. The zero-order valence-electron chi connectivity index (χ0n) is 13.1. The van der Waals surface area contributed by atoms with E-state index in [1.807, 2.05) is 36.4 Å². The Morgan fingerprint density at radius 2 is 2.00 bits per heavy atom. The molecule has 5 heteroatoms. The highest BCUT2D eigenvalue weighted by Crippen LogP contribution is 2.32. The molecule has 4 nitrogen and oxygen atoms in total. The normalized spacial score (nSPS) is 21.5. The molecule has 0 saturated heterocycles. The fourth-order valence-corrected chi connectivity index (χ4v) is 2.95. The molecule has 0 saturated carbocycles. The summed E-state index contributed by atoms with van der Waals surface area (Å²) in [6.07, 6.45) is 4.84. The summed E-state index contributed by atoms with van der Waals surface area (Å²) in [5.41, 5.74) is 3.54. The van der Waals surface area contributed by atoms with Crippen LogP contribution in [0.3, 0.4) is 0 Å². The van der Waals surface area contributed by atoms with Gasteiger partial charge in [-0.05, 0) is 41.5 Å². The summed E-state index contributed by atoms with van der Waals surface area (Å²) in [5.74, 6) is 1.47. The van der Waals surface area contributed by atoms with Gasteiger partial charge in [0.05, 0.1) is 12.3 Å². The number of alkyl halides is 1. The lowest BCUT2D eigenvalue weighted by Gasteiger charge is -2.20. The smallest absolute Gasteiger partial charge is 0.161 e. The number of benzene rings is 1. The lowest BCUT2D eigenvalue weighted by molar-refractivity contribution is 0.171. The molecule has 1 atom stereocenters. The van der Waals surface area contributed by atoms with E-state index in [1.165, 1.54) is 0 Å². The molecule has 2 aromatic rings. The predicted molar refractivity (Wildman–Crippen MR) is 90.6 cm³/mol. The second kappa shape index (κ2) is 6.43. The first kappa shape index (κ1) is 14.9. The molecule has 0 radical (unpaired) electrons. The van der Waals surface area contributed by atoms with Crippen LogP contribution in [0.2, 0.25) is 0 Å². The molecule has 0 spiro atoms. The molecular weight excluding hydrogens is 307 g/mol. The summed E-state index contributed by atoms with van der Waals surface area (Å²) in [5, 5.41) is 0. The monoisotopic (exact) mass is 324 g/mol. The van der Waals surface area contributed by atoms with Crippen molar-refractivity contribution < 1.29 is 13.9 Å². The maximum Gasteiger partial charge on any atom is 0.161 e. The highest BCUT2D eigenvalue weighted by atomic mass is 19.1. The van der Waals surface area contributed by atoms with Crippen LogP contribution in [0.25, 0.3) is 6.08 Å². The second-order valence-corrected chi connectivity index (χ2v) is 5.81. The minimum Gasteiger partial charge on any atom is -0.486 e. The Labute approximate surface area is 139 Å². The van der Waals surface area contributed by atoms with Gasteiger partial charge in [-0.2, -0.15) is 0 Å². The van der Waals surface area contributed by atoms with Crippen LogP contribution in [0.4, 0.5) is 4.39 Å². The maximum atomic E-state index is 13.9. The predicted octanol–water partition coefficient (Wildman–Crippen LogP) is 3.47. The Morgan fingerprint density at radius 1 is 1.12 bits per heavy atom. The topological polar surface area (TPSA) is 43.7 Å². The van der Waals surface area contributed by atoms with Gasteiger partial charge >= 0.3 is 0 Å². The lowest BCUT2D eigenvalue weighted by atomic mass is 9.94. The van der Waals surface area contributed by atoms with Crippen molar-refractivity contribution in [1.29, 1.82) is 0 Å². The highest BCUT2D eigenvalue weighted by molar-refractivity contribution is 6.15. The van der Waals surface area contributed by atoms with Gasteiger partial charge in [0.25, 0.3) is 0 Å². The van der Waals surface area contributed by atoms with Crippen molar-refractivity contribution in [2.75, 3.05) is 19.8 Å². The van der Waals surface area contributed by atoms with Gasteiger partial charge < -0.3 is 9.47 Å². The summed E-state index contributed by atoms with van der Waals surface area (Å²) in [7, 11) is 0. The Bertz CT molecular complexity index is 802. The van der Waals surface area contributed by atoms with Crippen molar-refractivity contribution in [1.82, 2.24) is 4.98 Å². The number of pyridine rings is 1. The molecule has 0 bridgehead atoms. The molecule has 1 unspecified atom stereocenters. The van der Waals surface area contributed by atoms with E-state index in [1.54, 1.807) is 12.4 Å². The fraction of sp³-hybridized carbons (Fsp3) is 0.263. The standard InChI is InChI=1S/C19H17FN2O2/c20-16-10-15(19(22-12-16)14-2-1-5-21-11-14)8-13-3-4-17-18(9-13)24-7-6-23-17/h1-5,8-9,11,16H,6-7,10,12H2. The molecule has 0 N–H and O–H groups in total. The minimum absolute atomic E-state index is 0.197. The third kappa shape index (κ3) is 3.02. The first-order valence-electron chi connectivity index (χ1n) is 7.99. The van der Waals surface area contributed by atoms with E-state index < -0.39 is 6.17 Å². The molecule has 1 aromatic carbocycles. The SMILES string of the molecule is FC1CN=C(c2cccnc2)C(=Cc2ccc3c(c2)OCCO3)C1. The van der Waals surface area contributed by atoms with Crippen LogP contribution in [-0.4, -0.2) is 36.6 Å². The third-order valence-corrected chi connectivity index (χ3v) is 4.04. The fourth-order valence-electron chi connectivity index (χ4n) is 2.95. The Kier molecular flexibility index (Phi) is 3.99. The maximum absolute atomic E-state index is 13.9. The molecule has 2 aliphatic heterocycles. The van der Waals surface area contributed by atoms with Crippen molar-refractivity contribution in [3.05, 3.63) is 59.4 Å². The van der Waals surface area contributed by atoms with Crippen LogP contribution in [0.15, 0.2) is 53.3 Å². The Hall–Kier alpha value is -2.69. The van der Waals surface area contributed by atoms with Crippen molar-refractivity contribution in [2.45, 2.75) is 12.6 Å². The average Bonchev–Trinajstić information content (AvgIpc) is 2.62. The first-order valence-corrected chi connectivity index (χ1v) is 7.99. The molecule has 0 aliphatic carbocycles. The van der Waals surface area contributed by atoms with E-state index in [9.17, 15) is 4.39 Å². The van der Waals surface area contributed by atoms with Gasteiger partial charge in [-0.25, -0.2) is 4.39 Å². The van der Waals surface area contributed by atoms with Gasteiger partial charge in [0.15, 0.2) is 11.5 Å². The minimum atomic E-state index is -0.950. The van der Waals surface area contributed by atoms with E-state index in [0.29, 0.717) is 19.6 Å². The number of ether oxygens (including phenoxy) is 2. The summed E-state index contributed by atoms with van der Waals surface area (Å²) >= 11 is 0. The number of hydrogen-bond donors (Lipinski definition) is 0. The molecule has 0 amide bonds. The molecular formula is C19H17FN2O2. The molecule has 3 heterocycles. The van der Waals surface area contributed by atoms with Crippen molar-refractivity contribution in [3.8, 4) is 11.5 Å².